The standard InChI is InChI=1S/C22H28N2O3/c1-3-24(17-18-11-6-5-7-12-18)21(25)15-10-16-23-22(26)19-13-8-9-14-20(19)27-4-2/h5-9,11-14H,3-4,10,15-17H2,1-2H3,(H,23,26). The molecule has 5 heteroatoms. The largest absolute Gasteiger partial charge is 0.493 e. The first-order valence-electron chi connectivity index (χ1n) is 9.47. The van der Waals surface area contributed by atoms with Crippen molar-refractivity contribution in [2.75, 3.05) is 19.7 Å². The van der Waals surface area contributed by atoms with Gasteiger partial charge in [-0.3, -0.25) is 9.59 Å². The predicted molar refractivity (Wildman–Crippen MR) is 107 cm³/mol. The monoisotopic (exact) mass is 368 g/mol. The van der Waals surface area contributed by atoms with Crippen LogP contribution >= 0.6 is 0 Å². The van der Waals surface area contributed by atoms with Crippen molar-refractivity contribution in [1.82, 2.24) is 10.2 Å². The molecule has 0 aromatic heterocycles. The lowest BCUT2D eigenvalue weighted by Gasteiger charge is -2.21. The maximum atomic E-state index is 12.4. The van der Waals surface area contributed by atoms with Gasteiger partial charge in [0, 0.05) is 26.1 Å². The van der Waals surface area contributed by atoms with E-state index in [1.807, 2.05) is 61.2 Å². The third-order valence-electron chi connectivity index (χ3n) is 4.24. The van der Waals surface area contributed by atoms with Gasteiger partial charge in [-0.25, -0.2) is 0 Å². The first kappa shape index (κ1) is 20.5. The lowest BCUT2D eigenvalue weighted by molar-refractivity contribution is -0.131. The molecular weight excluding hydrogens is 340 g/mol. The third kappa shape index (κ3) is 6.44. The Labute approximate surface area is 161 Å². The molecule has 0 aliphatic heterocycles. The Bertz CT molecular complexity index is 731. The topological polar surface area (TPSA) is 58.6 Å². The summed E-state index contributed by atoms with van der Waals surface area (Å²) in [6.07, 6.45) is 1.01. The van der Waals surface area contributed by atoms with E-state index < -0.39 is 0 Å². The van der Waals surface area contributed by atoms with E-state index in [2.05, 4.69) is 5.32 Å². The fraction of sp³-hybridized carbons (Fsp3) is 0.364. The van der Waals surface area contributed by atoms with Crippen LogP contribution in [0.25, 0.3) is 0 Å². The second-order valence-electron chi connectivity index (χ2n) is 6.18. The van der Waals surface area contributed by atoms with Gasteiger partial charge in [0.2, 0.25) is 5.91 Å². The third-order valence-corrected chi connectivity index (χ3v) is 4.24. The first-order valence-corrected chi connectivity index (χ1v) is 9.47. The molecule has 0 unspecified atom stereocenters. The minimum atomic E-state index is -0.178. The highest BCUT2D eigenvalue weighted by atomic mass is 16.5. The van der Waals surface area contributed by atoms with E-state index in [-0.39, 0.29) is 11.8 Å². The number of nitrogens with zero attached hydrogens (tertiary/aromatic N) is 1. The van der Waals surface area contributed by atoms with Crippen molar-refractivity contribution in [2.24, 2.45) is 0 Å². The Kier molecular flexibility index (Phi) is 8.36. The average molecular weight is 368 g/mol. The highest BCUT2D eigenvalue weighted by Gasteiger charge is 2.14. The zero-order valence-electron chi connectivity index (χ0n) is 16.1. The molecule has 0 radical (unpaired) electrons. The molecular formula is C22H28N2O3. The van der Waals surface area contributed by atoms with Crippen LogP contribution in [0, 0.1) is 0 Å². The zero-order valence-corrected chi connectivity index (χ0v) is 16.1. The summed E-state index contributed by atoms with van der Waals surface area (Å²) in [6, 6.07) is 17.1. The lowest BCUT2D eigenvalue weighted by atomic mass is 10.1. The number of carbonyl (C=O) groups excluding carboxylic acids is 2. The van der Waals surface area contributed by atoms with Crippen molar-refractivity contribution in [3.8, 4) is 5.75 Å². The van der Waals surface area contributed by atoms with Crippen molar-refractivity contribution in [1.29, 1.82) is 0 Å². The van der Waals surface area contributed by atoms with E-state index >= 15 is 0 Å². The number of ether oxygens (including phenoxy) is 1. The summed E-state index contributed by atoms with van der Waals surface area (Å²) in [6.45, 7) is 6.11. The lowest BCUT2D eigenvalue weighted by Crippen LogP contribution is -2.31. The molecule has 2 rings (SSSR count). The maximum absolute atomic E-state index is 12.4. The molecule has 0 fully saturated rings. The van der Waals surface area contributed by atoms with E-state index in [9.17, 15) is 9.59 Å². The van der Waals surface area contributed by atoms with Crippen molar-refractivity contribution in [3.63, 3.8) is 0 Å². The number of para-hydroxylation sites is 1. The summed E-state index contributed by atoms with van der Waals surface area (Å²) in [5.41, 5.74) is 1.64. The number of hydrogen-bond donors (Lipinski definition) is 1. The van der Waals surface area contributed by atoms with Crippen molar-refractivity contribution >= 4 is 11.8 Å². The van der Waals surface area contributed by atoms with E-state index in [0.717, 1.165) is 5.56 Å². The quantitative estimate of drug-likeness (QED) is 0.651. The molecule has 0 aliphatic rings. The second-order valence-corrected chi connectivity index (χ2v) is 6.18. The minimum Gasteiger partial charge on any atom is -0.493 e. The van der Waals surface area contributed by atoms with Gasteiger partial charge >= 0.3 is 0 Å². The van der Waals surface area contributed by atoms with Crippen molar-refractivity contribution < 1.29 is 14.3 Å². The average Bonchev–Trinajstić information content (AvgIpc) is 2.70. The molecule has 0 aliphatic carbocycles. The van der Waals surface area contributed by atoms with Gasteiger partial charge in [-0.05, 0) is 38.0 Å². The van der Waals surface area contributed by atoms with Gasteiger partial charge in [0.05, 0.1) is 12.2 Å². The number of benzene rings is 2. The van der Waals surface area contributed by atoms with Crippen LogP contribution in [-0.2, 0) is 11.3 Å². The molecule has 0 spiro atoms. The van der Waals surface area contributed by atoms with Crippen LogP contribution in [0.2, 0.25) is 0 Å². The molecule has 2 aromatic carbocycles. The van der Waals surface area contributed by atoms with Crippen LogP contribution in [0.15, 0.2) is 54.6 Å². The summed E-state index contributed by atoms with van der Waals surface area (Å²) >= 11 is 0. The predicted octanol–water partition coefficient (Wildman–Crippen LogP) is 3.64. The molecule has 2 aromatic rings. The fourth-order valence-corrected chi connectivity index (χ4v) is 2.81. The molecule has 0 heterocycles. The van der Waals surface area contributed by atoms with Crippen LogP contribution < -0.4 is 10.1 Å². The Morgan fingerprint density at radius 3 is 2.41 bits per heavy atom. The number of rotatable bonds is 10. The summed E-state index contributed by atoms with van der Waals surface area (Å²) in [5, 5.41) is 2.87. The molecule has 2 amide bonds. The Hall–Kier alpha value is -2.82. The second kappa shape index (κ2) is 11.0. The highest BCUT2D eigenvalue weighted by molar-refractivity contribution is 5.96. The molecule has 0 atom stereocenters. The summed E-state index contributed by atoms with van der Waals surface area (Å²) in [7, 11) is 0. The molecule has 5 nitrogen and oxygen atoms in total. The molecule has 1 N–H and O–H groups in total. The zero-order chi connectivity index (χ0) is 19.5. The number of carbonyl (C=O) groups is 2. The van der Waals surface area contributed by atoms with Gasteiger partial charge in [0.1, 0.15) is 5.75 Å². The Morgan fingerprint density at radius 2 is 1.70 bits per heavy atom. The molecule has 0 saturated carbocycles. The maximum Gasteiger partial charge on any atom is 0.255 e. The van der Waals surface area contributed by atoms with Gasteiger partial charge in [-0.1, -0.05) is 42.5 Å². The van der Waals surface area contributed by atoms with Crippen LogP contribution in [0.3, 0.4) is 0 Å². The Balaban J connectivity index is 1.78. The van der Waals surface area contributed by atoms with Crippen LogP contribution in [0.4, 0.5) is 0 Å². The van der Waals surface area contributed by atoms with E-state index in [0.29, 0.717) is 50.4 Å². The van der Waals surface area contributed by atoms with Gasteiger partial charge < -0.3 is 15.0 Å². The molecule has 27 heavy (non-hydrogen) atoms. The van der Waals surface area contributed by atoms with E-state index in [4.69, 9.17) is 4.74 Å². The number of amides is 2. The normalized spacial score (nSPS) is 10.3. The molecule has 0 bridgehead atoms. The van der Waals surface area contributed by atoms with Crippen molar-refractivity contribution in [2.45, 2.75) is 33.2 Å². The van der Waals surface area contributed by atoms with E-state index in [1.54, 1.807) is 12.1 Å². The van der Waals surface area contributed by atoms with Gasteiger partial charge in [0.25, 0.3) is 5.91 Å². The summed E-state index contributed by atoms with van der Waals surface area (Å²) in [4.78, 5) is 26.6. The smallest absolute Gasteiger partial charge is 0.255 e. The molecule has 0 saturated heterocycles. The number of nitrogens with one attached hydrogen (secondary N) is 1. The number of hydrogen-bond acceptors (Lipinski definition) is 3. The summed E-state index contributed by atoms with van der Waals surface area (Å²) in [5.74, 6) is 0.502. The first-order chi connectivity index (χ1) is 13.2. The Morgan fingerprint density at radius 1 is 1.00 bits per heavy atom. The van der Waals surface area contributed by atoms with Crippen LogP contribution in [0.5, 0.6) is 5.75 Å². The highest BCUT2D eigenvalue weighted by Crippen LogP contribution is 2.17. The van der Waals surface area contributed by atoms with Gasteiger partial charge in [0.15, 0.2) is 0 Å². The van der Waals surface area contributed by atoms with Gasteiger partial charge in [-0.2, -0.15) is 0 Å². The van der Waals surface area contributed by atoms with E-state index in [1.165, 1.54) is 0 Å². The van der Waals surface area contributed by atoms with Crippen LogP contribution in [0.1, 0.15) is 42.6 Å². The fourth-order valence-electron chi connectivity index (χ4n) is 2.81. The van der Waals surface area contributed by atoms with Crippen molar-refractivity contribution in [3.05, 3.63) is 65.7 Å². The molecule has 144 valence electrons. The SMILES string of the molecule is CCOc1ccccc1C(=O)NCCCC(=O)N(CC)Cc1ccccc1. The van der Waals surface area contributed by atoms with Crippen LogP contribution in [-0.4, -0.2) is 36.4 Å². The summed E-state index contributed by atoms with van der Waals surface area (Å²) < 4.78 is 5.48. The van der Waals surface area contributed by atoms with Gasteiger partial charge in [-0.15, -0.1) is 0 Å². The minimum absolute atomic E-state index is 0.102.